The highest BCUT2D eigenvalue weighted by Crippen LogP contribution is 2.79. The number of para-hydroxylation sites is 1. The van der Waals surface area contributed by atoms with Gasteiger partial charge in [0.25, 0.3) is 0 Å². The summed E-state index contributed by atoms with van der Waals surface area (Å²) in [5, 5.41) is 1.16. The second-order valence-electron chi connectivity index (χ2n) is 8.97. The number of rotatable bonds is 2. The molecule has 28 heavy (non-hydrogen) atoms. The highest BCUT2D eigenvalue weighted by molar-refractivity contribution is 8.72. The second kappa shape index (κ2) is 6.27. The van der Waals surface area contributed by atoms with Gasteiger partial charge in [-0.3, -0.25) is 0 Å². The van der Waals surface area contributed by atoms with Crippen LogP contribution in [0.2, 0.25) is 0 Å². The average molecular weight is 429 g/mol. The number of methoxy groups -OCH3 is 1. The molecule has 0 radical (unpaired) electrons. The van der Waals surface area contributed by atoms with Crippen molar-refractivity contribution in [2.45, 2.75) is 36.9 Å². The van der Waals surface area contributed by atoms with E-state index in [2.05, 4.69) is 36.4 Å². The molecule has 4 aliphatic carbocycles. The van der Waals surface area contributed by atoms with Gasteiger partial charge in [-0.05, 0) is 97.9 Å². The Labute approximate surface area is 176 Å². The Morgan fingerprint density at radius 3 is 2.25 bits per heavy atom. The fourth-order valence-electron chi connectivity index (χ4n) is 6.61. The van der Waals surface area contributed by atoms with Crippen LogP contribution < -0.4 is 14.6 Å². The summed E-state index contributed by atoms with van der Waals surface area (Å²) in [5.41, 5.74) is -0.794. The minimum Gasteiger partial charge on any atom is -0.497 e. The maximum Gasteiger partial charge on any atom is 0.197 e. The zero-order valence-corrected chi connectivity index (χ0v) is 18.6. The van der Waals surface area contributed by atoms with Gasteiger partial charge in [0, 0.05) is 10.9 Å². The molecule has 2 aromatic carbocycles. The summed E-state index contributed by atoms with van der Waals surface area (Å²) in [7, 11) is 1.71. The van der Waals surface area contributed by atoms with E-state index in [0.717, 1.165) is 40.5 Å². The summed E-state index contributed by atoms with van der Waals surface area (Å²) in [4.78, 5) is 0. The predicted molar refractivity (Wildman–Crippen MR) is 120 cm³/mol. The maximum atomic E-state index is 6.66. The van der Waals surface area contributed by atoms with E-state index in [4.69, 9.17) is 21.1 Å². The lowest BCUT2D eigenvalue weighted by atomic mass is 9.50. The molecule has 4 fully saturated rings. The summed E-state index contributed by atoms with van der Waals surface area (Å²) in [6.45, 7) is 0. The first-order valence-electron chi connectivity index (χ1n) is 10.4. The van der Waals surface area contributed by atoms with Crippen LogP contribution in [0.4, 0.5) is 0 Å². The van der Waals surface area contributed by atoms with Gasteiger partial charge in [0.05, 0.1) is 11.9 Å². The molecule has 0 saturated heterocycles. The highest BCUT2D eigenvalue weighted by Gasteiger charge is 2.62. The first kappa shape index (κ1) is 17.9. The van der Waals surface area contributed by atoms with Gasteiger partial charge in [-0.1, -0.05) is 29.6 Å². The first-order valence-corrected chi connectivity index (χ1v) is 14.5. The largest absolute Gasteiger partial charge is 0.497 e. The number of hydrogen-bond acceptors (Lipinski definition) is 4. The van der Waals surface area contributed by atoms with Crippen LogP contribution in [0.1, 0.15) is 37.7 Å². The van der Waals surface area contributed by atoms with Crippen LogP contribution in [0.3, 0.4) is 0 Å². The van der Waals surface area contributed by atoms with E-state index in [9.17, 15) is 0 Å². The Bertz CT molecular complexity index is 943. The van der Waals surface area contributed by atoms with E-state index in [-0.39, 0.29) is 4.75 Å². The Balaban J connectivity index is 1.51. The molecule has 7 rings (SSSR count). The summed E-state index contributed by atoms with van der Waals surface area (Å²) in [6.07, 6.45) is 7.00. The van der Waals surface area contributed by atoms with E-state index < -0.39 is 5.47 Å². The molecule has 5 aliphatic rings. The van der Waals surface area contributed by atoms with Crippen LogP contribution in [-0.4, -0.2) is 7.11 Å². The maximum absolute atomic E-state index is 6.66. The number of fused-ring (bicyclic) bond motifs is 1. The molecular weight excluding hydrogens is 403 g/mol. The van der Waals surface area contributed by atoms with Crippen molar-refractivity contribution in [1.82, 2.24) is 0 Å². The second-order valence-corrected chi connectivity index (χ2v) is 15.9. The summed E-state index contributed by atoms with van der Waals surface area (Å²) < 4.78 is 12.2. The Hall–Kier alpha value is -0.960. The average Bonchev–Trinajstić information content (AvgIpc) is 2.71. The van der Waals surface area contributed by atoms with Crippen molar-refractivity contribution >= 4 is 34.0 Å². The number of ether oxygens (including phenoxy) is 1. The molecule has 0 N–H and O–H groups in total. The molecule has 1 spiro atoms. The van der Waals surface area contributed by atoms with Crippen molar-refractivity contribution in [2.24, 2.45) is 23.7 Å². The molecule has 2 aromatic rings. The van der Waals surface area contributed by atoms with Crippen molar-refractivity contribution in [2.75, 3.05) is 7.11 Å². The van der Waals surface area contributed by atoms with Gasteiger partial charge in [-0.2, -0.15) is 0 Å². The van der Waals surface area contributed by atoms with E-state index in [1.165, 1.54) is 37.7 Å². The zero-order chi connectivity index (χ0) is 18.9. The van der Waals surface area contributed by atoms with E-state index in [0.29, 0.717) is 0 Å². The molecule has 1 aliphatic heterocycles. The van der Waals surface area contributed by atoms with Crippen LogP contribution in [0.15, 0.2) is 48.5 Å². The van der Waals surface area contributed by atoms with Gasteiger partial charge < -0.3 is 9.26 Å². The molecule has 4 bridgehead atoms. The molecular formula is C23H25O2PS2. The summed E-state index contributed by atoms with van der Waals surface area (Å²) in [5.74, 6) is 5.31. The van der Waals surface area contributed by atoms with Crippen molar-refractivity contribution in [3.63, 3.8) is 0 Å². The highest BCUT2D eigenvalue weighted by atomic mass is 32.9. The minimum atomic E-state index is -2.23. The van der Waals surface area contributed by atoms with Crippen molar-refractivity contribution in [3.05, 3.63) is 54.1 Å². The monoisotopic (exact) mass is 428 g/mol. The molecule has 2 nitrogen and oxygen atoms in total. The van der Waals surface area contributed by atoms with Crippen LogP contribution in [-0.2, 0) is 16.6 Å². The SMILES string of the molecule is COc1ccc(P2(=S)Oc3ccccc3C3(S2)C2CC4CC(C2)CC3C4)cc1. The number of hydrogen-bond donors (Lipinski definition) is 0. The van der Waals surface area contributed by atoms with Crippen molar-refractivity contribution < 1.29 is 9.26 Å². The minimum absolute atomic E-state index is 0.151. The molecule has 1 atom stereocenters. The van der Waals surface area contributed by atoms with Gasteiger partial charge in [0.1, 0.15) is 11.5 Å². The van der Waals surface area contributed by atoms with Crippen LogP contribution in [0, 0.1) is 23.7 Å². The van der Waals surface area contributed by atoms with Crippen molar-refractivity contribution in [3.8, 4) is 11.5 Å². The molecule has 1 unspecified atom stereocenters. The standard InChI is InChI=1S/C23H25O2PS2/c1-24-19-6-8-20(9-7-19)26(27)25-22-5-3-2-4-21(22)23(28-26)17-11-15-10-16(13-17)14-18(23)12-15/h2-9,15-18H,10-14H2,1H3. The number of benzene rings is 2. The Kier molecular flexibility index (Phi) is 4.00. The first-order chi connectivity index (χ1) is 13.6. The third-order valence-corrected chi connectivity index (χ3v) is 14.3. The third kappa shape index (κ3) is 2.44. The molecule has 0 aromatic heterocycles. The van der Waals surface area contributed by atoms with Crippen LogP contribution in [0.5, 0.6) is 11.5 Å². The fourth-order valence-corrected chi connectivity index (χ4v) is 14.3. The molecule has 0 amide bonds. The molecule has 5 heteroatoms. The van der Waals surface area contributed by atoms with E-state index >= 15 is 0 Å². The Morgan fingerprint density at radius 2 is 1.61 bits per heavy atom. The predicted octanol–water partition coefficient (Wildman–Crippen LogP) is 6.11. The lowest BCUT2D eigenvalue weighted by molar-refractivity contribution is -0.0190. The van der Waals surface area contributed by atoms with Gasteiger partial charge in [-0.25, -0.2) is 0 Å². The lowest BCUT2D eigenvalue weighted by Gasteiger charge is -2.63. The smallest absolute Gasteiger partial charge is 0.197 e. The summed E-state index contributed by atoms with van der Waals surface area (Å²) in [6, 6.07) is 17.1. The van der Waals surface area contributed by atoms with Gasteiger partial charge in [0.2, 0.25) is 0 Å². The van der Waals surface area contributed by atoms with Crippen LogP contribution >= 0.6 is 16.8 Å². The topological polar surface area (TPSA) is 18.5 Å². The van der Waals surface area contributed by atoms with Crippen molar-refractivity contribution in [1.29, 1.82) is 0 Å². The van der Waals surface area contributed by atoms with Gasteiger partial charge in [0.15, 0.2) is 5.47 Å². The van der Waals surface area contributed by atoms with Crippen LogP contribution in [0.25, 0.3) is 0 Å². The van der Waals surface area contributed by atoms with Gasteiger partial charge >= 0.3 is 0 Å². The lowest BCUT2D eigenvalue weighted by Crippen LogP contribution is -2.54. The molecule has 4 saturated carbocycles. The van der Waals surface area contributed by atoms with E-state index in [1.54, 1.807) is 7.11 Å². The molecule has 1 heterocycles. The zero-order valence-electron chi connectivity index (χ0n) is 16.0. The fraction of sp³-hybridized carbons (Fsp3) is 0.478. The normalized spacial score (nSPS) is 40.2. The quantitative estimate of drug-likeness (QED) is 0.537. The third-order valence-electron chi connectivity index (χ3n) is 7.54. The Morgan fingerprint density at radius 1 is 0.964 bits per heavy atom. The molecule has 146 valence electrons. The van der Waals surface area contributed by atoms with E-state index in [1.807, 2.05) is 23.5 Å². The summed E-state index contributed by atoms with van der Waals surface area (Å²) >= 11 is 8.40. The van der Waals surface area contributed by atoms with Gasteiger partial charge in [-0.15, -0.1) is 0 Å².